The number of carboxylic acids is 1. The van der Waals surface area contributed by atoms with Crippen LogP contribution in [-0.2, 0) is 4.79 Å². The third-order valence-electron chi connectivity index (χ3n) is 2.49. The smallest absolute Gasteiger partial charge is 0.323 e. The summed E-state index contributed by atoms with van der Waals surface area (Å²) in [5.41, 5.74) is 6.26. The fourth-order valence-electron chi connectivity index (χ4n) is 1.51. The first kappa shape index (κ1) is 13.8. The number of likely N-dealkylation sites (N-methyl/N-ethyl adjacent to an activating group) is 1. The molecule has 0 saturated heterocycles. The molecule has 0 heterocycles. The van der Waals surface area contributed by atoms with Crippen LogP contribution in [0.2, 0.25) is 0 Å². The number of ether oxygens (including phenoxy) is 1. The molecule has 98 valence electrons. The molecule has 0 aliphatic heterocycles. The number of methoxy groups -OCH3 is 1. The molecule has 1 rings (SSSR count). The first-order valence-corrected chi connectivity index (χ1v) is 5.44. The molecule has 0 aliphatic carbocycles. The molecule has 0 radical (unpaired) electrons. The van der Waals surface area contributed by atoms with E-state index in [0.29, 0.717) is 18.0 Å². The molecule has 6 heteroatoms. The van der Waals surface area contributed by atoms with Crippen LogP contribution in [0.3, 0.4) is 0 Å². The van der Waals surface area contributed by atoms with Gasteiger partial charge in [0.15, 0.2) is 0 Å². The number of hydrogen-bond donors (Lipinski definition) is 2. The molecule has 18 heavy (non-hydrogen) atoms. The molecule has 0 unspecified atom stereocenters. The lowest BCUT2D eigenvalue weighted by atomic mass is 10.1. The number of anilines is 1. The molecule has 0 spiro atoms. The molecule has 0 aromatic heterocycles. The van der Waals surface area contributed by atoms with E-state index < -0.39 is 11.9 Å². The molecule has 6 nitrogen and oxygen atoms in total. The van der Waals surface area contributed by atoms with E-state index in [-0.39, 0.29) is 12.1 Å². The van der Waals surface area contributed by atoms with Crippen LogP contribution in [0.5, 0.6) is 5.75 Å². The largest absolute Gasteiger partial charge is 0.497 e. The summed E-state index contributed by atoms with van der Waals surface area (Å²) in [6, 6.07) is 4.70. The van der Waals surface area contributed by atoms with Crippen LogP contribution in [-0.4, -0.2) is 42.1 Å². The maximum atomic E-state index is 12.1. The summed E-state index contributed by atoms with van der Waals surface area (Å²) < 4.78 is 5.01. The van der Waals surface area contributed by atoms with Crippen molar-refractivity contribution < 1.29 is 19.4 Å². The highest BCUT2D eigenvalue weighted by atomic mass is 16.5. The number of aliphatic carboxylic acids is 1. The zero-order chi connectivity index (χ0) is 13.7. The van der Waals surface area contributed by atoms with Crippen LogP contribution >= 0.6 is 0 Å². The van der Waals surface area contributed by atoms with Crippen LogP contribution in [0.25, 0.3) is 0 Å². The van der Waals surface area contributed by atoms with E-state index in [0.717, 1.165) is 0 Å². The summed E-state index contributed by atoms with van der Waals surface area (Å²) in [6.45, 7) is 1.64. The summed E-state index contributed by atoms with van der Waals surface area (Å²) in [5.74, 6) is -0.984. The molecule has 1 aromatic carbocycles. The average molecular weight is 252 g/mol. The Bertz CT molecular complexity index is 459. The molecule has 0 saturated carbocycles. The molecule has 1 amide bonds. The highest BCUT2D eigenvalue weighted by molar-refractivity contribution is 6.00. The van der Waals surface area contributed by atoms with Crippen molar-refractivity contribution in [3.8, 4) is 5.75 Å². The summed E-state index contributed by atoms with van der Waals surface area (Å²) in [7, 11) is 1.48. The van der Waals surface area contributed by atoms with Gasteiger partial charge in [-0.05, 0) is 25.1 Å². The zero-order valence-corrected chi connectivity index (χ0v) is 10.3. The number of carboxylic acid groups (broad SMARTS) is 1. The van der Waals surface area contributed by atoms with E-state index in [1.807, 2.05) is 0 Å². The molecule has 0 atom stereocenters. The van der Waals surface area contributed by atoms with Gasteiger partial charge in [-0.1, -0.05) is 0 Å². The van der Waals surface area contributed by atoms with Gasteiger partial charge in [0.05, 0.1) is 12.7 Å². The van der Waals surface area contributed by atoms with Gasteiger partial charge in [0, 0.05) is 12.2 Å². The predicted molar refractivity (Wildman–Crippen MR) is 66.6 cm³/mol. The van der Waals surface area contributed by atoms with Crippen LogP contribution in [0.1, 0.15) is 17.3 Å². The highest BCUT2D eigenvalue weighted by Gasteiger charge is 2.19. The van der Waals surface area contributed by atoms with Gasteiger partial charge in [-0.15, -0.1) is 0 Å². The second-order valence-corrected chi connectivity index (χ2v) is 3.67. The quantitative estimate of drug-likeness (QED) is 0.757. The minimum Gasteiger partial charge on any atom is -0.497 e. The monoisotopic (exact) mass is 252 g/mol. The normalized spacial score (nSPS) is 9.89. The van der Waals surface area contributed by atoms with Gasteiger partial charge in [-0.3, -0.25) is 9.59 Å². The Morgan fingerprint density at radius 1 is 1.44 bits per heavy atom. The van der Waals surface area contributed by atoms with Gasteiger partial charge < -0.3 is 20.5 Å². The molecular weight excluding hydrogens is 236 g/mol. The molecule has 3 N–H and O–H groups in total. The Kier molecular flexibility index (Phi) is 4.53. The minimum absolute atomic E-state index is 0.248. The average Bonchev–Trinajstić information content (AvgIpc) is 2.35. The first-order chi connectivity index (χ1) is 8.49. The van der Waals surface area contributed by atoms with E-state index in [1.165, 1.54) is 18.1 Å². The summed E-state index contributed by atoms with van der Waals surface area (Å²) >= 11 is 0. The standard InChI is InChI=1S/C12H16N2O4/c1-3-14(7-11(15)16)12(17)9-6-8(18-2)4-5-10(9)13/h4-6H,3,7,13H2,1-2H3,(H,15,16). The predicted octanol–water partition coefficient (Wildman–Crippen LogP) is 0.824. The van der Waals surface area contributed by atoms with E-state index in [2.05, 4.69) is 0 Å². The Morgan fingerprint density at radius 3 is 2.61 bits per heavy atom. The Balaban J connectivity index is 3.04. The molecule has 0 fully saturated rings. The van der Waals surface area contributed by atoms with E-state index >= 15 is 0 Å². The van der Waals surface area contributed by atoms with E-state index in [1.54, 1.807) is 19.1 Å². The van der Waals surface area contributed by atoms with Gasteiger partial charge in [-0.25, -0.2) is 0 Å². The molecule has 1 aromatic rings. The van der Waals surface area contributed by atoms with Crippen molar-refractivity contribution in [3.05, 3.63) is 23.8 Å². The van der Waals surface area contributed by atoms with Crippen LogP contribution in [0.15, 0.2) is 18.2 Å². The topological polar surface area (TPSA) is 92.9 Å². The lowest BCUT2D eigenvalue weighted by Gasteiger charge is -2.19. The summed E-state index contributed by atoms with van der Waals surface area (Å²) in [6.07, 6.45) is 0. The van der Waals surface area contributed by atoms with Crippen molar-refractivity contribution >= 4 is 17.6 Å². The molecule has 0 bridgehead atoms. The van der Waals surface area contributed by atoms with Crippen molar-refractivity contribution in [1.29, 1.82) is 0 Å². The number of amides is 1. The van der Waals surface area contributed by atoms with Crippen molar-refractivity contribution in [3.63, 3.8) is 0 Å². The van der Waals surface area contributed by atoms with Crippen LogP contribution in [0, 0.1) is 0 Å². The number of benzene rings is 1. The Hall–Kier alpha value is -2.24. The summed E-state index contributed by atoms with van der Waals surface area (Å²) in [5, 5.41) is 8.73. The van der Waals surface area contributed by atoms with Gasteiger partial charge in [0.2, 0.25) is 0 Å². The number of carbonyl (C=O) groups excluding carboxylic acids is 1. The van der Waals surface area contributed by atoms with Gasteiger partial charge in [-0.2, -0.15) is 0 Å². The third-order valence-corrected chi connectivity index (χ3v) is 2.49. The fraction of sp³-hybridized carbons (Fsp3) is 0.333. The number of hydrogen-bond acceptors (Lipinski definition) is 4. The van der Waals surface area contributed by atoms with Gasteiger partial charge in [0.25, 0.3) is 5.91 Å². The van der Waals surface area contributed by atoms with Crippen LogP contribution < -0.4 is 10.5 Å². The molecule has 0 aliphatic rings. The van der Waals surface area contributed by atoms with E-state index in [4.69, 9.17) is 15.6 Å². The number of nitrogen functional groups attached to an aromatic ring is 1. The number of rotatable bonds is 5. The Labute approximate surface area is 105 Å². The third kappa shape index (κ3) is 3.13. The van der Waals surface area contributed by atoms with Crippen molar-refractivity contribution in [2.45, 2.75) is 6.92 Å². The van der Waals surface area contributed by atoms with Gasteiger partial charge in [0.1, 0.15) is 12.3 Å². The van der Waals surface area contributed by atoms with E-state index in [9.17, 15) is 9.59 Å². The van der Waals surface area contributed by atoms with Crippen molar-refractivity contribution in [2.24, 2.45) is 0 Å². The minimum atomic E-state index is -1.06. The zero-order valence-electron chi connectivity index (χ0n) is 10.3. The number of nitrogens with two attached hydrogens (primary N) is 1. The maximum Gasteiger partial charge on any atom is 0.323 e. The lowest BCUT2D eigenvalue weighted by Crippen LogP contribution is -2.35. The molecular formula is C12H16N2O4. The fourth-order valence-corrected chi connectivity index (χ4v) is 1.51. The lowest BCUT2D eigenvalue weighted by molar-refractivity contribution is -0.137. The van der Waals surface area contributed by atoms with Crippen molar-refractivity contribution in [1.82, 2.24) is 4.90 Å². The number of nitrogens with zero attached hydrogens (tertiary/aromatic N) is 1. The summed E-state index contributed by atoms with van der Waals surface area (Å²) in [4.78, 5) is 24.0. The highest BCUT2D eigenvalue weighted by Crippen LogP contribution is 2.21. The number of carbonyl (C=O) groups is 2. The van der Waals surface area contributed by atoms with Gasteiger partial charge >= 0.3 is 5.97 Å². The van der Waals surface area contributed by atoms with Crippen molar-refractivity contribution in [2.75, 3.05) is 25.9 Å². The second kappa shape index (κ2) is 5.90. The van der Waals surface area contributed by atoms with Crippen LogP contribution in [0.4, 0.5) is 5.69 Å². The maximum absolute atomic E-state index is 12.1. The first-order valence-electron chi connectivity index (χ1n) is 5.44. The SMILES string of the molecule is CCN(CC(=O)O)C(=O)c1cc(OC)ccc1N. The Morgan fingerprint density at radius 2 is 2.11 bits per heavy atom. The second-order valence-electron chi connectivity index (χ2n) is 3.67.